The summed E-state index contributed by atoms with van der Waals surface area (Å²) in [6.45, 7) is 5.12. The SMILES string of the molecule is CC(C)CCCNC(=O)NC1(CO)CCCC1. The molecule has 1 rings (SSSR count). The zero-order valence-corrected chi connectivity index (χ0v) is 11.1. The fraction of sp³-hybridized carbons (Fsp3) is 0.923. The summed E-state index contributed by atoms with van der Waals surface area (Å²) in [4.78, 5) is 11.7. The lowest BCUT2D eigenvalue weighted by Crippen LogP contribution is -2.52. The highest BCUT2D eigenvalue weighted by molar-refractivity contribution is 5.74. The quantitative estimate of drug-likeness (QED) is 0.624. The van der Waals surface area contributed by atoms with E-state index < -0.39 is 0 Å². The first-order valence-corrected chi connectivity index (χ1v) is 6.75. The average molecular weight is 242 g/mol. The number of aliphatic hydroxyl groups excluding tert-OH is 1. The summed E-state index contributed by atoms with van der Waals surface area (Å²) in [5.74, 6) is 0.679. The molecule has 1 saturated carbocycles. The molecule has 0 heterocycles. The predicted molar refractivity (Wildman–Crippen MR) is 68.9 cm³/mol. The third-order valence-corrected chi connectivity index (χ3v) is 3.49. The number of amides is 2. The lowest BCUT2D eigenvalue weighted by atomic mass is 9.99. The molecule has 0 aromatic heterocycles. The van der Waals surface area contributed by atoms with Crippen molar-refractivity contribution in [3.63, 3.8) is 0 Å². The molecule has 0 bridgehead atoms. The van der Waals surface area contributed by atoms with Crippen LogP contribution >= 0.6 is 0 Å². The Morgan fingerprint density at radius 3 is 2.53 bits per heavy atom. The molecule has 1 aliphatic carbocycles. The van der Waals surface area contributed by atoms with Crippen molar-refractivity contribution in [1.29, 1.82) is 0 Å². The average Bonchev–Trinajstić information content (AvgIpc) is 2.73. The molecule has 4 heteroatoms. The molecule has 0 saturated heterocycles. The standard InChI is InChI=1S/C13H26N2O2/c1-11(2)6-5-9-14-12(17)15-13(10-16)7-3-4-8-13/h11,16H,3-10H2,1-2H3,(H2,14,15,17). The topological polar surface area (TPSA) is 61.4 Å². The van der Waals surface area contributed by atoms with Gasteiger partial charge in [-0.1, -0.05) is 26.7 Å². The van der Waals surface area contributed by atoms with Crippen molar-refractivity contribution >= 4 is 6.03 Å². The van der Waals surface area contributed by atoms with Crippen molar-refractivity contribution in [2.24, 2.45) is 5.92 Å². The highest BCUT2D eigenvalue weighted by Crippen LogP contribution is 2.28. The summed E-state index contributed by atoms with van der Waals surface area (Å²) < 4.78 is 0. The second-order valence-electron chi connectivity index (χ2n) is 5.56. The van der Waals surface area contributed by atoms with Crippen LogP contribution in [0.5, 0.6) is 0 Å². The van der Waals surface area contributed by atoms with Crippen LogP contribution in [0.2, 0.25) is 0 Å². The fourth-order valence-electron chi connectivity index (χ4n) is 2.37. The Balaban J connectivity index is 2.19. The Kier molecular flexibility index (Phi) is 5.75. The van der Waals surface area contributed by atoms with Crippen molar-refractivity contribution in [1.82, 2.24) is 10.6 Å². The van der Waals surface area contributed by atoms with Gasteiger partial charge in [-0.15, -0.1) is 0 Å². The molecule has 0 unspecified atom stereocenters. The molecule has 0 aromatic rings. The predicted octanol–water partition coefficient (Wildman–Crippen LogP) is 2.03. The van der Waals surface area contributed by atoms with Gasteiger partial charge < -0.3 is 15.7 Å². The molecule has 0 spiro atoms. The van der Waals surface area contributed by atoms with E-state index in [4.69, 9.17) is 0 Å². The maximum absolute atomic E-state index is 11.7. The maximum atomic E-state index is 11.7. The molecule has 100 valence electrons. The molecular weight excluding hydrogens is 216 g/mol. The van der Waals surface area contributed by atoms with Crippen molar-refractivity contribution in [2.75, 3.05) is 13.2 Å². The second-order valence-corrected chi connectivity index (χ2v) is 5.56. The van der Waals surface area contributed by atoms with E-state index in [1.165, 1.54) is 0 Å². The zero-order valence-electron chi connectivity index (χ0n) is 11.1. The van der Waals surface area contributed by atoms with Gasteiger partial charge in [-0.2, -0.15) is 0 Å². The van der Waals surface area contributed by atoms with Crippen LogP contribution in [-0.4, -0.2) is 29.8 Å². The lowest BCUT2D eigenvalue weighted by molar-refractivity contribution is 0.163. The Hall–Kier alpha value is -0.770. The van der Waals surface area contributed by atoms with Gasteiger partial charge in [-0.05, 0) is 31.6 Å². The molecule has 17 heavy (non-hydrogen) atoms. The van der Waals surface area contributed by atoms with Gasteiger partial charge in [0.1, 0.15) is 0 Å². The first kappa shape index (κ1) is 14.3. The fourth-order valence-corrected chi connectivity index (χ4v) is 2.37. The monoisotopic (exact) mass is 242 g/mol. The van der Waals surface area contributed by atoms with Gasteiger partial charge in [-0.3, -0.25) is 0 Å². The Morgan fingerprint density at radius 2 is 2.00 bits per heavy atom. The Labute approximate surface area is 104 Å². The van der Waals surface area contributed by atoms with Gasteiger partial charge in [0.05, 0.1) is 12.1 Å². The van der Waals surface area contributed by atoms with Gasteiger partial charge in [0, 0.05) is 6.54 Å². The van der Waals surface area contributed by atoms with Gasteiger partial charge in [0.2, 0.25) is 0 Å². The van der Waals surface area contributed by atoms with E-state index in [9.17, 15) is 9.90 Å². The minimum Gasteiger partial charge on any atom is -0.394 e. The smallest absolute Gasteiger partial charge is 0.315 e. The van der Waals surface area contributed by atoms with E-state index in [2.05, 4.69) is 24.5 Å². The van der Waals surface area contributed by atoms with E-state index in [1.54, 1.807) is 0 Å². The molecule has 0 atom stereocenters. The number of carbonyl (C=O) groups is 1. The number of aliphatic hydroxyl groups is 1. The highest BCUT2D eigenvalue weighted by atomic mass is 16.3. The number of rotatable bonds is 6. The number of hydrogen-bond acceptors (Lipinski definition) is 2. The van der Waals surface area contributed by atoms with E-state index in [-0.39, 0.29) is 18.2 Å². The van der Waals surface area contributed by atoms with Crippen LogP contribution in [0.3, 0.4) is 0 Å². The van der Waals surface area contributed by atoms with Gasteiger partial charge in [0.15, 0.2) is 0 Å². The zero-order chi connectivity index (χ0) is 12.7. The normalized spacial score (nSPS) is 18.4. The van der Waals surface area contributed by atoms with Gasteiger partial charge in [0.25, 0.3) is 0 Å². The van der Waals surface area contributed by atoms with E-state index in [0.717, 1.165) is 38.5 Å². The summed E-state index contributed by atoms with van der Waals surface area (Å²) in [7, 11) is 0. The second kappa shape index (κ2) is 6.84. The molecule has 0 radical (unpaired) electrons. The van der Waals surface area contributed by atoms with Crippen LogP contribution in [0.15, 0.2) is 0 Å². The first-order valence-electron chi connectivity index (χ1n) is 6.75. The van der Waals surface area contributed by atoms with Crippen LogP contribution in [0, 0.1) is 5.92 Å². The van der Waals surface area contributed by atoms with E-state index >= 15 is 0 Å². The third-order valence-electron chi connectivity index (χ3n) is 3.49. The number of nitrogens with one attached hydrogen (secondary N) is 2. The van der Waals surface area contributed by atoms with Crippen molar-refractivity contribution in [3.05, 3.63) is 0 Å². The summed E-state index contributed by atoms with van der Waals surface area (Å²) in [5, 5.41) is 15.2. The lowest BCUT2D eigenvalue weighted by Gasteiger charge is -2.28. The van der Waals surface area contributed by atoms with Crippen LogP contribution in [0.4, 0.5) is 4.79 Å². The van der Waals surface area contributed by atoms with Crippen LogP contribution in [0.1, 0.15) is 52.4 Å². The van der Waals surface area contributed by atoms with Crippen LogP contribution in [0.25, 0.3) is 0 Å². The number of urea groups is 1. The summed E-state index contributed by atoms with van der Waals surface area (Å²) >= 11 is 0. The first-order chi connectivity index (χ1) is 8.08. The van der Waals surface area contributed by atoms with Crippen molar-refractivity contribution in [3.8, 4) is 0 Å². The van der Waals surface area contributed by atoms with Gasteiger partial charge in [-0.25, -0.2) is 4.79 Å². The third kappa shape index (κ3) is 4.94. The van der Waals surface area contributed by atoms with Crippen molar-refractivity contribution in [2.45, 2.75) is 57.9 Å². The molecule has 0 aromatic carbocycles. The Morgan fingerprint density at radius 1 is 1.35 bits per heavy atom. The Bertz CT molecular complexity index is 236. The summed E-state index contributed by atoms with van der Waals surface area (Å²) in [5.41, 5.74) is -0.359. The molecule has 2 amide bonds. The van der Waals surface area contributed by atoms with Gasteiger partial charge >= 0.3 is 6.03 Å². The molecular formula is C13H26N2O2. The maximum Gasteiger partial charge on any atom is 0.315 e. The molecule has 4 nitrogen and oxygen atoms in total. The van der Waals surface area contributed by atoms with Crippen LogP contribution < -0.4 is 10.6 Å². The minimum atomic E-state index is -0.359. The molecule has 0 aliphatic heterocycles. The number of carbonyl (C=O) groups excluding carboxylic acids is 1. The summed E-state index contributed by atoms with van der Waals surface area (Å²) in [6, 6.07) is -0.135. The molecule has 3 N–H and O–H groups in total. The van der Waals surface area contributed by atoms with E-state index in [0.29, 0.717) is 12.5 Å². The largest absolute Gasteiger partial charge is 0.394 e. The minimum absolute atomic E-state index is 0.0480. The molecule has 1 aliphatic rings. The van der Waals surface area contributed by atoms with E-state index in [1.807, 2.05) is 0 Å². The highest BCUT2D eigenvalue weighted by Gasteiger charge is 2.34. The molecule has 1 fully saturated rings. The summed E-state index contributed by atoms with van der Waals surface area (Å²) in [6.07, 6.45) is 6.11. The van der Waals surface area contributed by atoms with Crippen LogP contribution in [-0.2, 0) is 0 Å². The van der Waals surface area contributed by atoms with Crippen molar-refractivity contribution < 1.29 is 9.90 Å². The number of hydrogen-bond donors (Lipinski definition) is 3.